The van der Waals surface area contributed by atoms with Gasteiger partial charge in [-0.2, -0.15) is 5.10 Å². The van der Waals surface area contributed by atoms with Crippen LogP contribution in [0.15, 0.2) is 41.1 Å². The Morgan fingerprint density at radius 3 is 2.65 bits per heavy atom. The number of hydrogen-bond acceptors (Lipinski definition) is 3. The van der Waals surface area contributed by atoms with Gasteiger partial charge in [-0.05, 0) is 46.5 Å². The summed E-state index contributed by atoms with van der Waals surface area (Å²) in [4.78, 5) is 2.47. The van der Waals surface area contributed by atoms with E-state index in [9.17, 15) is 0 Å². The van der Waals surface area contributed by atoms with E-state index < -0.39 is 0 Å². The summed E-state index contributed by atoms with van der Waals surface area (Å²) in [5, 5.41) is 4.34. The Morgan fingerprint density at radius 1 is 1.35 bits per heavy atom. The second-order valence-electron chi connectivity index (χ2n) is 5.17. The molecule has 0 saturated heterocycles. The fraction of sp³-hybridized carbons (Fsp3) is 0.400. The van der Waals surface area contributed by atoms with Crippen molar-refractivity contribution in [3.05, 3.63) is 46.7 Å². The van der Waals surface area contributed by atoms with Crippen LogP contribution in [0.3, 0.4) is 0 Å². The number of rotatable bonds is 6. The van der Waals surface area contributed by atoms with Gasteiger partial charge in [-0.1, -0.05) is 12.1 Å². The van der Waals surface area contributed by atoms with Crippen molar-refractivity contribution < 1.29 is 4.74 Å². The first kappa shape index (κ1) is 13.6. The van der Waals surface area contributed by atoms with Crippen molar-refractivity contribution in [2.24, 2.45) is 0 Å². The molecule has 3 rings (SSSR count). The van der Waals surface area contributed by atoms with Crippen molar-refractivity contribution in [1.29, 1.82) is 0 Å². The Kier molecular flexibility index (Phi) is 4.08. The quantitative estimate of drug-likeness (QED) is 0.811. The maximum absolute atomic E-state index is 5.20. The summed E-state index contributed by atoms with van der Waals surface area (Å²) in [6, 6.07) is 9.00. The molecule has 106 valence electrons. The van der Waals surface area contributed by atoms with Gasteiger partial charge in [-0.25, -0.2) is 0 Å². The zero-order valence-corrected chi connectivity index (χ0v) is 13.1. The molecule has 4 nitrogen and oxygen atoms in total. The summed E-state index contributed by atoms with van der Waals surface area (Å²) in [6.07, 6.45) is 6.43. The highest BCUT2D eigenvalue weighted by Crippen LogP contribution is 2.29. The van der Waals surface area contributed by atoms with Gasteiger partial charge in [0.05, 0.1) is 24.4 Å². The minimum Gasteiger partial charge on any atom is -0.497 e. The molecule has 0 N–H and O–H groups in total. The SMILES string of the molecule is COc1ccc(CN(Cn2cc(Br)cn2)C2CC2)cc1. The van der Waals surface area contributed by atoms with E-state index in [0.717, 1.165) is 23.4 Å². The molecule has 5 heteroatoms. The van der Waals surface area contributed by atoms with Gasteiger partial charge in [0.1, 0.15) is 5.75 Å². The first-order chi connectivity index (χ1) is 9.74. The predicted octanol–water partition coefficient (Wildman–Crippen LogP) is 3.28. The zero-order valence-electron chi connectivity index (χ0n) is 11.5. The summed E-state index contributed by atoms with van der Waals surface area (Å²) in [5.74, 6) is 0.905. The van der Waals surface area contributed by atoms with E-state index in [1.165, 1.54) is 18.4 Å². The summed E-state index contributed by atoms with van der Waals surface area (Å²) in [5.41, 5.74) is 1.31. The van der Waals surface area contributed by atoms with Crippen LogP contribution in [0.2, 0.25) is 0 Å². The molecular formula is C15H18BrN3O. The van der Waals surface area contributed by atoms with Gasteiger partial charge in [-0.3, -0.25) is 9.58 Å². The lowest BCUT2D eigenvalue weighted by atomic mass is 10.2. The van der Waals surface area contributed by atoms with Gasteiger partial charge in [0.15, 0.2) is 0 Å². The molecule has 0 unspecified atom stereocenters. The second-order valence-corrected chi connectivity index (χ2v) is 6.08. The van der Waals surface area contributed by atoms with E-state index in [1.807, 2.05) is 29.2 Å². The third-order valence-corrected chi connectivity index (χ3v) is 3.95. The van der Waals surface area contributed by atoms with E-state index in [4.69, 9.17) is 4.74 Å². The van der Waals surface area contributed by atoms with Crippen LogP contribution in [0.25, 0.3) is 0 Å². The third kappa shape index (κ3) is 3.41. The van der Waals surface area contributed by atoms with Crippen LogP contribution in [0.4, 0.5) is 0 Å². The van der Waals surface area contributed by atoms with Crippen molar-refractivity contribution in [3.8, 4) is 5.75 Å². The van der Waals surface area contributed by atoms with Crippen LogP contribution in [-0.2, 0) is 13.2 Å². The van der Waals surface area contributed by atoms with Crippen molar-refractivity contribution in [2.75, 3.05) is 7.11 Å². The lowest BCUT2D eigenvalue weighted by Crippen LogP contribution is -2.28. The van der Waals surface area contributed by atoms with Crippen LogP contribution in [0, 0.1) is 0 Å². The molecule has 0 amide bonds. The number of halogens is 1. The largest absolute Gasteiger partial charge is 0.497 e. The van der Waals surface area contributed by atoms with Gasteiger partial charge in [0.2, 0.25) is 0 Å². The number of methoxy groups -OCH3 is 1. The molecule has 0 aliphatic heterocycles. The van der Waals surface area contributed by atoms with Crippen molar-refractivity contribution in [1.82, 2.24) is 14.7 Å². The van der Waals surface area contributed by atoms with Gasteiger partial charge >= 0.3 is 0 Å². The van der Waals surface area contributed by atoms with Crippen LogP contribution in [0.5, 0.6) is 5.75 Å². The normalized spacial score (nSPS) is 14.8. The highest BCUT2D eigenvalue weighted by molar-refractivity contribution is 9.10. The molecule has 0 spiro atoms. The molecule has 1 aromatic carbocycles. The topological polar surface area (TPSA) is 30.3 Å². The molecule has 0 atom stereocenters. The highest BCUT2D eigenvalue weighted by Gasteiger charge is 2.29. The minimum atomic E-state index is 0.695. The summed E-state index contributed by atoms with van der Waals surface area (Å²) >= 11 is 3.44. The molecule has 0 bridgehead atoms. The van der Waals surface area contributed by atoms with Gasteiger partial charge in [-0.15, -0.1) is 0 Å². The van der Waals surface area contributed by atoms with Crippen molar-refractivity contribution in [3.63, 3.8) is 0 Å². The molecular weight excluding hydrogens is 318 g/mol. The standard InChI is InChI=1S/C15H18BrN3O/c1-20-15-6-2-12(3-7-15)9-18(14-4-5-14)11-19-10-13(16)8-17-19/h2-3,6-8,10,14H,4-5,9,11H2,1H3. The molecule has 1 saturated carbocycles. The van der Waals surface area contributed by atoms with Gasteiger partial charge < -0.3 is 4.74 Å². The molecule has 1 heterocycles. The Balaban J connectivity index is 1.67. The fourth-order valence-corrected chi connectivity index (χ4v) is 2.63. The molecule has 1 aromatic heterocycles. The van der Waals surface area contributed by atoms with E-state index in [-0.39, 0.29) is 0 Å². The molecule has 1 fully saturated rings. The van der Waals surface area contributed by atoms with E-state index in [2.05, 4.69) is 38.1 Å². The first-order valence-electron chi connectivity index (χ1n) is 6.79. The Hall–Kier alpha value is -1.33. The second kappa shape index (κ2) is 5.97. The first-order valence-corrected chi connectivity index (χ1v) is 7.59. The summed E-state index contributed by atoms with van der Waals surface area (Å²) in [6.45, 7) is 1.79. The molecule has 1 aliphatic rings. The van der Waals surface area contributed by atoms with Crippen LogP contribution < -0.4 is 4.74 Å². The van der Waals surface area contributed by atoms with Crippen LogP contribution in [-0.4, -0.2) is 27.8 Å². The average molecular weight is 336 g/mol. The van der Waals surface area contributed by atoms with Crippen LogP contribution >= 0.6 is 15.9 Å². The lowest BCUT2D eigenvalue weighted by Gasteiger charge is -2.22. The Labute approximate surface area is 127 Å². The summed E-state index contributed by atoms with van der Waals surface area (Å²) in [7, 11) is 1.70. The third-order valence-electron chi connectivity index (χ3n) is 3.54. The number of benzene rings is 1. The number of aromatic nitrogens is 2. The zero-order chi connectivity index (χ0) is 13.9. The molecule has 20 heavy (non-hydrogen) atoms. The lowest BCUT2D eigenvalue weighted by molar-refractivity contribution is 0.188. The predicted molar refractivity (Wildman–Crippen MR) is 81.5 cm³/mol. The number of nitrogens with zero attached hydrogens (tertiary/aromatic N) is 3. The van der Waals surface area contributed by atoms with E-state index in [1.54, 1.807) is 7.11 Å². The molecule has 2 aromatic rings. The van der Waals surface area contributed by atoms with Gasteiger partial charge in [0, 0.05) is 18.8 Å². The maximum Gasteiger partial charge on any atom is 0.118 e. The average Bonchev–Trinajstić information content (AvgIpc) is 3.23. The smallest absolute Gasteiger partial charge is 0.118 e. The fourth-order valence-electron chi connectivity index (χ4n) is 2.30. The monoisotopic (exact) mass is 335 g/mol. The van der Waals surface area contributed by atoms with Gasteiger partial charge in [0.25, 0.3) is 0 Å². The summed E-state index contributed by atoms with van der Waals surface area (Å²) < 4.78 is 8.20. The molecule has 1 aliphatic carbocycles. The van der Waals surface area contributed by atoms with E-state index >= 15 is 0 Å². The maximum atomic E-state index is 5.20. The van der Waals surface area contributed by atoms with Crippen molar-refractivity contribution >= 4 is 15.9 Å². The van der Waals surface area contributed by atoms with E-state index in [0.29, 0.717) is 6.04 Å². The highest BCUT2D eigenvalue weighted by atomic mass is 79.9. The number of ether oxygens (including phenoxy) is 1. The Morgan fingerprint density at radius 2 is 2.10 bits per heavy atom. The Bertz CT molecular complexity index is 563. The minimum absolute atomic E-state index is 0.695. The van der Waals surface area contributed by atoms with Crippen LogP contribution in [0.1, 0.15) is 18.4 Å². The molecule has 0 radical (unpaired) electrons. The number of hydrogen-bond donors (Lipinski definition) is 0. The van der Waals surface area contributed by atoms with Crippen molar-refractivity contribution in [2.45, 2.75) is 32.1 Å².